The zero-order valence-electron chi connectivity index (χ0n) is 10.1. The largest absolute Gasteiger partial charge is 0.461 e. The SMILES string of the molecule is CCOC(=O)c1cc(N)n(-c2cccc(Cl)c2Cl)n1. The summed E-state index contributed by atoms with van der Waals surface area (Å²) in [5.74, 6) is -0.265. The van der Waals surface area contributed by atoms with Crippen molar-refractivity contribution in [2.45, 2.75) is 6.92 Å². The minimum Gasteiger partial charge on any atom is -0.461 e. The number of carbonyl (C=O) groups excluding carboxylic acids is 1. The molecule has 19 heavy (non-hydrogen) atoms. The standard InChI is InChI=1S/C12H11Cl2N3O2/c1-2-19-12(18)8-6-10(15)17(16-8)9-5-3-4-7(13)11(9)14/h3-6H,2,15H2,1H3. The van der Waals surface area contributed by atoms with Crippen LogP contribution < -0.4 is 5.73 Å². The Hall–Kier alpha value is -1.72. The quantitative estimate of drug-likeness (QED) is 0.885. The minimum atomic E-state index is -0.536. The first-order valence-electron chi connectivity index (χ1n) is 5.51. The fourth-order valence-electron chi connectivity index (χ4n) is 1.55. The fraction of sp³-hybridized carbons (Fsp3) is 0.167. The highest BCUT2D eigenvalue weighted by Crippen LogP contribution is 2.29. The molecule has 1 heterocycles. The molecule has 0 radical (unpaired) electrons. The number of ether oxygens (including phenoxy) is 1. The highest BCUT2D eigenvalue weighted by Gasteiger charge is 2.16. The predicted octanol–water partition coefficient (Wildman–Crippen LogP) is 2.94. The number of anilines is 1. The highest BCUT2D eigenvalue weighted by atomic mass is 35.5. The number of esters is 1. The summed E-state index contributed by atoms with van der Waals surface area (Å²) in [7, 11) is 0. The maximum atomic E-state index is 11.6. The Morgan fingerprint density at radius 1 is 1.47 bits per heavy atom. The molecule has 7 heteroatoms. The Morgan fingerprint density at radius 2 is 2.21 bits per heavy atom. The van der Waals surface area contributed by atoms with E-state index in [-0.39, 0.29) is 18.1 Å². The summed E-state index contributed by atoms with van der Waals surface area (Å²) in [6.07, 6.45) is 0. The molecule has 0 amide bonds. The average molecular weight is 300 g/mol. The molecule has 2 N–H and O–H groups in total. The van der Waals surface area contributed by atoms with Gasteiger partial charge in [-0.25, -0.2) is 9.48 Å². The molecule has 0 aliphatic rings. The number of hydrogen-bond donors (Lipinski definition) is 1. The first-order chi connectivity index (χ1) is 9.04. The molecular formula is C12H11Cl2N3O2. The van der Waals surface area contributed by atoms with E-state index >= 15 is 0 Å². The van der Waals surface area contributed by atoms with Crippen LogP contribution in [0.5, 0.6) is 0 Å². The van der Waals surface area contributed by atoms with Crippen molar-refractivity contribution in [2.75, 3.05) is 12.3 Å². The molecule has 0 bridgehead atoms. The molecule has 0 saturated carbocycles. The highest BCUT2D eigenvalue weighted by molar-refractivity contribution is 6.43. The summed E-state index contributed by atoms with van der Waals surface area (Å²) in [4.78, 5) is 11.6. The van der Waals surface area contributed by atoms with Crippen LogP contribution in [-0.2, 0) is 4.74 Å². The third kappa shape index (κ3) is 2.67. The van der Waals surface area contributed by atoms with Crippen molar-refractivity contribution in [1.29, 1.82) is 0 Å². The maximum Gasteiger partial charge on any atom is 0.358 e. The molecule has 0 unspecified atom stereocenters. The van der Waals surface area contributed by atoms with Gasteiger partial charge in [0.15, 0.2) is 5.69 Å². The van der Waals surface area contributed by atoms with E-state index in [1.54, 1.807) is 25.1 Å². The number of rotatable bonds is 3. The van der Waals surface area contributed by atoms with E-state index in [0.717, 1.165) is 0 Å². The van der Waals surface area contributed by atoms with Crippen molar-refractivity contribution in [3.63, 3.8) is 0 Å². The number of benzene rings is 1. The van der Waals surface area contributed by atoms with Crippen molar-refractivity contribution < 1.29 is 9.53 Å². The Bertz CT molecular complexity index is 625. The molecule has 0 aliphatic carbocycles. The lowest BCUT2D eigenvalue weighted by Crippen LogP contribution is -2.07. The predicted molar refractivity (Wildman–Crippen MR) is 74.0 cm³/mol. The minimum absolute atomic E-state index is 0.121. The van der Waals surface area contributed by atoms with Gasteiger partial charge in [-0.15, -0.1) is 0 Å². The number of hydrogen-bond acceptors (Lipinski definition) is 4. The van der Waals surface area contributed by atoms with Gasteiger partial charge >= 0.3 is 5.97 Å². The Labute approximate surface area is 119 Å². The van der Waals surface area contributed by atoms with Gasteiger partial charge in [-0.3, -0.25) is 0 Å². The lowest BCUT2D eigenvalue weighted by atomic mass is 10.3. The van der Waals surface area contributed by atoms with E-state index in [9.17, 15) is 4.79 Å². The van der Waals surface area contributed by atoms with Gasteiger partial charge in [0, 0.05) is 6.07 Å². The molecule has 100 valence electrons. The van der Waals surface area contributed by atoms with Crippen LogP contribution in [0.1, 0.15) is 17.4 Å². The van der Waals surface area contributed by atoms with E-state index in [0.29, 0.717) is 15.7 Å². The van der Waals surface area contributed by atoms with Gasteiger partial charge in [-0.05, 0) is 19.1 Å². The molecule has 0 fully saturated rings. The molecule has 1 aromatic heterocycles. The molecule has 0 saturated heterocycles. The summed E-state index contributed by atoms with van der Waals surface area (Å²) in [5.41, 5.74) is 6.44. The molecule has 0 spiro atoms. The number of aromatic nitrogens is 2. The topological polar surface area (TPSA) is 70.1 Å². The second-order valence-electron chi connectivity index (χ2n) is 3.66. The number of nitrogens with two attached hydrogens (primary N) is 1. The van der Waals surface area contributed by atoms with Crippen LogP contribution in [0.2, 0.25) is 10.0 Å². The van der Waals surface area contributed by atoms with Crippen LogP contribution in [-0.4, -0.2) is 22.4 Å². The molecule has 0 atom stereocenters. The Kier molecular flexibility index (Phi) is 3.97. The van der Waals surface area contributed by atoms with Crippen LogP contribution in [0.3, 0.4) is 0 Å². The summed E-state index contributed by atoms with van der Waals surface area (Å²) in [6.45, 7) is 1.98. The van der Waals surface area contributed by atoms with Crippen LogP contribution in [0.15, 0.2) is 24.3 Å². The summed E-state index contributed by atoms with van der Waals surface area (Å²) < 4.78 is 6.20. The average Bonchev–Trinajstić information content (AvgIpc) is 2.75. The van der Waals surface area contributed by atoms with Gasteiger partial charge in [-0.1, -0.05) is 29.3 Å². The smallest absolute Gasteiger partial charge is 0.358 e. The molecule has 1 aromatic carbocycles. The zero-order valence-corrected chi connectivity index (χ0v) is 11.6. The third-order valence-corrected chi connectivity index (χ3v) is 3.19. The second kappa shape index (κ2) is 5.50. The van der Waals surface area contributed by atoms with Crippen LogP contribution >= 0.6 is 23.2 Å². The van der Waals surface area contributed by atoms with Gasteiger partial charge in [0.05, 0.1) is 22.3 Å². The van der Waals surface area contributed by atoms with Crippen molar-refractivity contribution in [1.82, 2.24) is 9.78 Å². The normalized spacial score (nSPS) is 10.5. The lowest BCUT2D eigenvalue weighted by molar-refractivity contribution is 0.0519. The monoisotopic (exact) mass is 299 g/mol. The van der Waals surface area contributed by atoms with Gasteiger partial charge in [0.2, 0.25) is 0 Å². The van der Waals surface area contributed by atoms with Gasteiger partial charge in [-0.2, -0.15) is 5.10 Å². The summed E-state index contributed by atoms with van der Waals surface area (Å²) >= 11 is 12.0. The molecular weight excluding hydrogens is 289 g/mol. The molecule has 5 nitrogen and oxygen atoms in total. The van der Waals surface area contributed by atoms with Gasteiger partial charge in [0.25, 0.3) is 0 Å². The van der Waals surface area contributed by atoms with Crippen LogP contribution in [0, 0.1) is 0 Å². The molecule has 0 aliphatic heterocycles. The van der Waals surface area contributed by atoms with Crippen molar-refractivity contribution in [2.24, 2.45) is 0 Å². The molecule has 2 rings (SSSR count). The summed E-state index contributed by atoms with van der Waals surface area (Å²) in [5, 5.41) is 4.77. The van der Waals surface area contributed by atoms with Crippen molar-refractivity contribution >= 4 is 35.0 Å². The van der Waals surface area contributed by atoms with Gasteiger partial charge < -0.3 is 10.5 Å². The first kappa shape index (κ1) is 13.7. The van der Waals surface area contributed by atoms with Crippen LogP contribution in [0.25, 0.3) is 5.69 Å². The van der Waals surface area contributed by atoms with Crippen molar-refractivity contribution in [3.05, 3.63) is 40.0 Å². The van der Waals surface area contributed by atoms with E-state index < -0.39 is 5.97 Å². The van der Waals surface area contributed by atoms with Crippen LogP contribution in [0.4, 0.5) is 5.82 Å². The number of halogens is 2. The number of carbonyl (C=O) groups is 1. The third-order valence-electron chi connectivity index (χ3n) is 2.38. The second-order valence-corrected chi connectivity index (χ2v) is 4.44. The maximum absolute atomic E-state index is 11.6. The van der Waals surface area contributed by atoms with E-state index in [1.807, 2.05) is 0 Å². The first-order valence-corrected chi connectivity index (χ1v) is 6.27. The number of nitrogens with zero attached hydrogens (tertiary/aromatic N) is 2. The lowest BCUT2D eigenvalue weighted by Gasteiger charge is -2.07. The summed E-state index contributed by atoms with van der Waals surface area (Å²) in [6, 6.07) is 6.50. The fourth-order valence-corrected chi connectivity index (χ4v) is 1.92. The van der Waals surface area contributed by atoms with Gasteiger partial charge in [0.1, 0.15) is 5.82 Å². The zero-order chi connectivity index (χ0) is 14.0. The van der Waals surface area contributed by atoms with E-state index in [4.69, 9.17) is 33.7 Å². The van der Waals surface area contributed by atoms with Crippen molar-refractivity contribution in [3.8, 4) is 5.69 Å². The Balaban J connectivity index is 2.46. The number of nitrogen functional groups attached to an aromatic ring is 1. The molecule has 2 aromatic rings. The Morgan fingerprint density at radius 3 is 2.89 bits per heavy atom. The van der Waals surface area contributed by atoms with E-state index in [2.05, 4.69) is 5.10 Å². The van der Waals surface area contributed by atoms with E-state index in [1.165, 1.54) is 10.7 Å².